The number of thiophene rings is 1. The van der Waals surface area contributed by atoms with Gasteiger partial charge in [0.25, 0.3) is 5.91 Å². The van der Waals surface area contributed by atoms with Gasteiger partial charge in [-0.1, -0.05) is 48.5 Å². The second kappa shape index (κ2) is 6.77. The van der Waals surface area contributed by atoms with E-state index in [9.17, 15) is 4.79 Å². The molecule has 0 bridgehead atoms. The maximum atomic E-state index is 13.4. The third-order valence-corrected chi connectivity index (χ3v) is 6.06. The van der Waals surface area contributed by atoms with Crippen LogP contribution in [0.25, 0.3) is 21.7 Å². The summed E-state index contributed by atoms with van der Waals surface area (Å²) in [6.07, 6.45) is 1.92. The predicted molar refractivity (Wildman–Crippen MR) is 113 cm³/mol. The lowest BCUT2D eigenvalue weighted by Gasteiger charge is -2.25. The number of carbonyl (C=O) groups excluding carboxylic acids is 1. The summed E-state index contributed by atoms with van der Waals surface area (Å²) < 4.78 is 2.19. The molecule has 1 amide bonds. The number of nitrogens with zero attached hydrogens (tertiary/aromatic N) is 3. The van der Waals surface area contributed by atoms with Crippen molar-refractivity contribution in [1.82, 2.24) is 14.5 Å². The number of benzene rings is 2. The Bertz CT molecular complexity index is 1160. The van der Waals surface area contributed by atoms with Crippen molar-refractivity contribution in [3.8, 4) is 10.7 Å². The van der Waals surface area contributed by atoms with Crippen LogP contribution in [-0.4, -0.2) is 26.9 Å². The van der Waals surface area contributed by atoms with Crippen LogP contribution in [0.15, 0.2) is 78.7 Å². The van der Waals surface area contributed by atoms with Gasteiger partial charge in [-0.15, -0.1) is 17.9 Å². The molecule has 1 aliphatic heterocycles. The molecular weight excluding hydrogens is 366 g/mol. The number of imidazole rings is 1. The Morgan fingerprint density at radius 2 is 1.96 bits per heavy atom. The summed E-state index contributed by atoms with van der Waals surface area (Å²) in [6, 6.07) is 20.0. The molecule has 2 aromatic heterocycles. The van der Waals surface area contributed by atoms with Gasteiger partial charge in [0.1, 0.15) is 0 Å². The Labute approximate surface area is 167 Å². The van der Waals surface area contributed by atoms with Crippen LogP contribution >= 0.6 is 11.3 Å². The minimum Gasteiger partial charge on any atom is -0.332 e. The first-order valence-electron chi connectivity index (χ1n) is 9.27. The molecule has 0 aliphatic carbocycles. The molecule has 2 aromatic carbocycles. The molecule has 0 radical (unpaired) electrons. The number of amides is 1. The maximum Gasteiger partial charge on any atom is 0.256 e. The number of hydrogen-bond donors (Lipinski definition) is 0. The van der Waals surface area contributed by atoms with E-state index in [0.29, 0.717) is 18.7 Å². The molecule has 138 valence electrons. The van der Waals surface area contributed by atoms with Crippen molar-refractivity contribution < 1.29 is 4.79 Å². The molecule has 1 aliphatic rings. The van der Waals surface area contributed by atoms with Gasteiger partial charge in [0, 0.05) is 13.1 Å². The fraction of sp³-hybridized carbons (Fsp3) is 0.130. The van der Waals surface area contributed by atoms with E-state index in [4.69, 9.17) is 4.98 Å². The molecular formula is C23H19N3OS. The highest BCUT2D eigenvalue weighted by Crippen LogP contribution is 2.36. The second-order valence-corrected chi connectivity index (χ2v) is 7.88. The number of hydrogen-bond acceptors (Lipinski definition) is 3. The van der Waals surface area contributed by atoms with Crippen molar-refractivity contribution in [2.45, 2.75) is 12.6 Å². The van der Waals surface area contributed by atoms with Gasteiger partial charge in [0.15, 0.2) is 5.82 Å². The van der Waals surface area contributed by atoms with Crippen LogP contribution in [0, 0.1) is 0 Å². The van der Waals surface area contributed by atoms with Gasteiger partial charge >= 0.3 is 0 Å². The van der Waals surface area contributed by atoms with Gasteiger partial charge in [-0.05, 0) is 29.1 Å². The van der Waals surface area contributed by atoms with Crippen LogP contribution in [0.4, 0.5) is 0 Å². The molecule has 1 atom stereocenters. The fourth-order valence-electron chi connectivity index (χ4n) is 3.90. The van der Waals surface area contributed by atoms with E-state index < -0.39 is 0 Å². The molecule has 0 N–H and O–H groups in total. The van der Waals surface area contributed by atoms with Crippen molar-refractivity contribution in [1.29, 1.82) is 0 Å². The van der Waals surface area contributed by atoms with Gasteiger partial charge in [-0.3, -0.25) is 4.79 Å². The van der Waals surface area contributed by atoms with Crippen LogP contribution in [0.1, 0.15) is 22.0 Å². The van der Waals surface area contributed by atoms with E-state index in [1.165, 1.54) is 0 Å². The fourth-order valence-corrected chi connectivity index (χ4v) is 4.61. The Morgan fingerprint density at radius 1 is 1.11 bits per heavy atom. The Balaban J connectivity index is 1.69. The smallest absolute Gasteiger partial charge is 0.256 e. The molecule has 0 saturated carbocycles. The minimum absolute atomic E-state index is 0.0395. The van der Waals surface area contributed by atoms with Crippen LogP contribution in [-0.2, 0) is 6.54 Å². The van der Waals surface area contributed by atoms with Gasteiger partial charge in [0.2, 0.25) is 0 Å². The molecule has 3 heterocycles. The molecule has 28 heavy (non-hydrogen) atoms. The molecule has 0 saturated heterocycles. The van der Waals surface area contributed by atoms with Gasteiger partial charge in [0.05, 0.1) is 27.5 Å². The minimum atomic E-state index is -0.0431. The Kier molecular flexibility index (Phi) is 4.10. The van der Waals surface area contributed by atoms with Crippen LogP contribution in [0.2, 0.25) is 0 Å². The summed E-state index contributed by atoms with van der Waals surface area (Å²) >= 11 is 1.66. The van der Waals surface area contributed by atoms with E-state index in [1.807, 2.05) is 53.4 Å². The molecule has 5 heteroatoms. The quantitative estimate of drug-likeness (QED) is 0.456. The van der Waals surface area contributed by atoms with Crippen molar-refractivity contribution in [2.75, 3.05) is 6.54 Å². The summed E-state index contributed by atoms with van der Waals surface area (Å²) in [5, 5.41) is 2.05. The van der Waals surface area contributed by atoms with Gasteiger partial charge < -0.3 is 9.47 Å². The van der Waals surface area contributed by atoms with Crippen LogP contribution < -0.4 is 0 Å². The highest BCUT2D eigenvalue weighted by atomic mass is 32.1. The van der Waals surface area contributed by atoms with Gasteiger partial charge in [-0.2, -0.15) is 0 Å². The first-order chi connectivity index (χ1) is 13.8. The monoisotopic (exact) mass is 385 g/mol. The Morgan fingerprint density at radius 3 is 2.71 bits per heavy atom. The molecule has 4 nitrogen and oxygen atoms in total. The summed E-state index contributed by atoms with van der Waals surface area (Å²) in [7, 11) is 0. The average Bonchev–Trinajstić information content (AvgIpc) is 3.36. The largest absolute Gasteiger partial charge is 0.332 e. The third-order valence-electron chi connectivity index (χ3n) is 5.20. The SMILES string of the molecule is C=C[C@H]1CN(Cc2ccccc2)C(=O)c2cccc3nc(-c4cccs4)n1c23. The lowest BCUT2D eigenvalue weighted by Crippen LogP contribution is -2.33. The average molecular weight is 385 g/mol. The first kappa shape index (κ1) is 17.0. The number of para-hydroxylation sites is 1. The van der Waals surface area contributed by atoms with Crippen molar-refractivity contribution >= 4 is 28.3 Å². The zero-order chi connectivity index (χ0) is 19.1. The summed E-state index contributed by atoms with van der Waals surface area (Å²) in [5.74, 6) is 0.939. The van der Waals surface area contributed by atoms with E-state index in [1.54, 1.807) is 11.3 Å². The van der Waals surface area contributed by atoms with Crippen molar-refractivity contribution in [3.63, 3.8) is 0 Å². The number of rotatable bonds is 4. The molecule has 5 rings (SSSR count). The van der Waals surface area contributed by atoms with Crippen molar-refractivity contribution in [2.24, 2.45) is 0 Å². The standard InChI is InChI=1S/C23H19N3OS/c1-2-17-15-25(14-16-8-4-3-5-9-16)23(27)18-10-6-11-19-21(18)26(17)22(24-19)20-12-7-13-28-20/h2-13,17H,1,14-15H2/t17-/m0/s1. The second-order valence-electron chi connectivity index (χ2n) is 6.93. The lowest BCUT2D eigenvalue weighted by atomic mass is 10.1. The summed E-state index contributed by atoms with van der Waals surface area (Å²) in [5.41, 5.74) is 3.57. The molecule has 4 aromatic rings. The van der Waals surface area contributed by atoms with Gasteiger partial charge in [-0.25, -0.2) is 4.98 Å². The zero-order valence-corrected chi connectivity index (χ0v) is 16.1. The van der Waals surface area contributed by atoms with Crippen LogP contribution in [0.5, 0.6) is 0 Å². The van der Waals surface area contributed by atoms with E-state index in [0.717, 1.165) is 27.3 Å². The Hall–Kier alpha value is -3.18. The zero-order valence-electron chi connectivity index (χ0n) is 15.3. The van der Waals surface area contributed by atoms with E-state index in [2.05, 4.69) is 34.7 Å². The summed E-state index contributed by atoms with van der Waals surface area (Å²) in [4.78, 5) is 21.3. The predicted octanol–water partition coefficient (Wildman–Crippen LogP) is 5.15. The normalized spacial score (nSPS) is 16.4. The molecule has 0 spiro atoms. The topological polar surface area (TPSA) is 38.1 Å². The molecule has 0 fully saturated rings. The third kappa shape index (κ3) is 2.67. The highest BCUT2D eigenvalue weighted by molar-refractivity contribution is 7.13. The highest BCUT2D eigenvalue weighted by Gasteiger charge is 2.31. The lowest BCUT2D eigenvalue weighted by molar-refractivity contribution is 0.0738. The number of aromatic nitrogens is 2. The maximum absolute atomic E-state index is 13.4. The number of carbonyl (C=O) groups is 1. The first-order valence-corrected chi connectivity index (χ1v) is 10.1. The van der Waals surface area contributed by atoms with E-state index >= 15 is 0 Å². The van der Waals surface area contributed by atoms with Crippen molar-refractivity contribution in [3.05, 3.63) is 89.8 Å². The molecule has 0 unspecified atom stereocenters. The van der Waals surface area contributed by atoms with Crippen LogP contribution in [0.3, 0.4) is 0 Å². The summed E-state index contributed by atoms with van der Waals surface area (Å²) in [6.45, 7) is 5.21. The van der Waals surface area contributed by atoms with E-state index in [-0.39, 0.29) is 11.9 Å².